The van der Waals surface area contributed by atoms with Crippen LogP contribution in [0.5, 0.6) is 11.5 Å². The van der Waals surface area contributed by atoms with Crippen molar-refractivity contribution in [2.75, 3.05) is 13.2 Å². The second kappa shape index (κ2) is 7.12. The fraction of sp³-hybridized carbons (Fsp3) is 0.647. The first-order chi connectivity index (χ1) is 10.1. The lowest BCUT2D eigenvalue weighted by Crippen LogP contribution is -2.07. The van der Waals surface area contributed by atoms with Crippen LogP contribution in [0.2, 0.25) is 0 Å². The van der Waals surface area contributed by atoms with Gasteiger partial charge in [-0.25, -0.2) is 4.39 Å². The Hall–Kier alpha value is -1.29. The van der Waals surface area contributed by atoms with E-state index in [1.807, 2.05) is 13.8 Å². The number of hydrogen-bond acceptors (Lipinski definition) is 3. The van der Waals surface area contributed by atoms with Crippen LogP contribution in [-0.2, 0) is 4.74 Å². The lowest BCUT2D eigenvalue weighted by molar-refractivity contribution is 0.285. The van der Waals surface area contributed by atoms with E-state index in [2.05, 4.69) is 13.8 Å². The first-order valence-electron chi connectivity index (χ1n) is 7.85. The SMILES string of the molecule is CCOc1cc(F)c(C(CC)CC2OC2C)cc1OCC. The zero-order valence-electron chi connectivity index (χ0n) is 13.3. The van der Waals surface area contributed by atoms with Crippen molar-refractivity contribution in [3.63, 3.8) is 0 Å². The topological polar surface area (TPSA) is 31.0 Å². The quantitative estimate of drug-likeness (QED) is 0.670. The van der Waals surface area contributed by atoms with Crippen molar-refractivity contribution in [2.24, 2.45) is 0 Å². The molecule has 1 aromatic carbocycles. The van der Waals surface area contributed by atoms with Gasteiger partial charge < -0.3 is 14.2 Å². The molecule has 2 rings (SSSR count). The van der Waals surface area contributed by atoms with Gasteiger partial charge in [0.25, 0.3) is 0 Å². The Labute approximate surface area is 126 Å². The molecule has 0 spiro atoms. The molecule has 3 unspecified atom stereocenters. The molecule has 0 radical (unpaired) electrons. The molecule has 1 aliphatic rings. The Bertz CT molecular complexity index is 475. The highest BCUT2D eigenvalue weighted by molar-refractivity contribution is 5.45. The lowest BCUT2D eigenvalue weighted by Gasteiger charge is -2.18. The molecule has 0 bridgehead atoms. The molecule has 4 heteroatoms. The maximum absolute atomic E-state index is 14.4. The summed E-state index contributed by atoms with van der Waals surface area (Å²) >= 11 is 0. The highest BCUT2D eigenvalue weighted by Gasteiger charge is 2.36. The predicted molar refractivity (Wildman–Crippen MR) is 80.7 cm³/mol. The second-order valence-electron chi connectivity index (χ2n) is 5.41. The van der Waals surface area contributed by atoms with Gasteiger partial charge in [0.15, 0.2) is 11.5 Å². The van der Waals surface area contributed by atoms with E-state index in [9.17, 15) is 4.39 Å². The van der Waals surface area contributed by atoms with Crippen molar-refractivity contribution in [3.05, 3.63) is 23.5 Å². The highest BCUT2D eigenvalue weighted by Crippen LogP contribution is 2.39. The molecule has 0 amide bonds. The Balaban J connectivity index is 2.25. The van der Waals surface area contributed by atoms with Crippen molar-refractivity contribution in [1.29, 1.82) is 0 Å². The van der Waals surface area contributed by atoms with Gasteiger partial charge in [0, 0.05) is 6.07 Å². The summed E-state index contributed by atoms with van der Waals surface area (Å²) in [6.45, 7) is 8.94. The standard InChI is InChI=1S/C17H25FO3/c1-5-12(8-15-11(4)21-15)13-9-16(19-6-2)17(20-7-3)10-14(13)18/h9-12,15H,5-8H2,1-4H3. The summed E-state index contributed by atoms with van der Waals surface area (Å²) in [4.78, 5) is 0. The number of ether oxygens (including phenoxy) is 3. The van der Waals surface area contributed by atoms with Crippen LogP contribution in [0, 0.1) is 5.82 Å². The van der Waals surface area contributed by atoms with E-state index in [1.54, 1.807) is 6.07 Å². The maximum atomic E-state index is 14.4. The molecule has 1 saturated heterocycles. The molecular weight excluding hydrogens is 271 g/mol. The van der Waals surface area contributed by atoms with Crippen LogP contribution in [-0.4, -0.2) is 25.4 Å². The van der Waals surface area contributed by atoms with Gasteiger partial charge >= 0.3 is 0 Å². The average molecular weight is 296 g/mol. The highest BCUT2D eigenvalue weighted by atomic mass is 19.1. The lowest BCUT2D eigenvalue weighted by atomic mass is 9.90. The Kier molecular flexibility index (Phi) is 5.45. The minimum atomic E-state index is -0.220. The van der Waals surface area contributed by atoms with Crippen molar-refractivity contribution in [2.45, 2.75) is 58.7 Å². The van der Waals surface area contributed by atoms with Crippen LogP contribution in [0.15, 0.2) is 12.1 Å². The number of epoxide rings is 1. The summed E-state index contributed by atoms with van der Waals surface area (Å²) in [7, 11) is 0. The molecule has 1 fully saturated rings. The Morgan fingerprint density at radius 2 is 1.71 bits per heavy atom. The van der Waals surface area contributed by atoms with E-state index in [4.69, 9.17) is 14.2 Å². The van der Waals surface area contributed by atoms with Crippen LogP contribution in [0.1, 0.15) is 52.0 Å². The monoisotopic (exact) mass is 296 g/mol. The smallest absolute Gasteiger partial charge is 0.164 e. The summed E-state index contributed by atoms with van der Waals surface area (Å²) in [6, 6.07) is 3.24. The van der Waals surface area contributed by atoms with Crippen LogP contribution < -0.4 is 9.47 Å². The average Bonchev–Trinajstić information content (AvgIpc) is 3.15. The normalized spacial score (nSPS) is 22.0. The molecule has 118 valence electrons. The molecular formula is C17H25FO3. The number of benzene rings is 1. The van der Waals surface area contributed by atoms with E-state index in [-0.39, 0.29) is 17.8 Å². The second-order valence-corrected chi connectivity index (χ2v) is 5.41. The van der Waals surface area contributed by atoms with Crippen LogP contribution >= 0.6 is 0 Å². The predicted octanol–water partition coefficient (Wildman–Crippen LogP) is 4.29. The summed E-state index contributed by atoms with van der Waals surface area (Å²) in [5.41, 5.74) is 0.701. The number of halogens is 1. The van der Waals surface area contributed by atoms with E-state index >= 15 is 0 Å². The minimum absolute atomic E-state index is 0.148. The van der Waals surface area contributed by atoms with E-state index in [0.29, 0.717) is 36.4 Å². The first kappa shape index (κ1) is 16.1. The van der Waals surface area contributed by atoms with Gasteiger partial charge in [-0.1, -0.05) is 6.92 Å². The van der Waals surface area contributed by atoms with Gasteiger partial charge in [-0.05, 0) is 51.2 Å². The number of rotatable bonds is 8. The zero-order valence-corrected chi connectivity index (χ0v) is 13.3. The van der Waals surface area contributed by atoms with Crippen molar-refractivity contribution in [1.82, 2.24) is 0 Å². The van der Waals surface area contributed by atoms with Crippen molar-refractivity contribution >= 4 is 0 Å². The fourth-order valence-electron chi connectivity index (χ4n) is 2.67. The van der Waals surface area contributed by atoms with Gasteiger partial charge in [0.1, 0.15) is 5.82 Å². The van der Waals surface area contributed by atoms with Crippen molar-refractivity contribution in [3.8, 4) is 11.5 Å². The van der Waals surface area contributed by atoms with Gasteiger partial charge in [-0.3, -0.25) is 0 Å². The van der Waals surface area contributed by atoms with E-state index in [0.717, 1.165) is 12.8 Å². The first-order valence-corrected chi connectivity index (χ1v) is 7.85. The molecule has 3 atom stereocenters. The molecule has 1 heterocycles. The summed E-state index contributed by atoms with van der Waals surface area (Å²) in [6.07, 6.45) is 2.30. The minimum Gasteiger partial charge on any atom is -0.490 e. The largest absolute Gasteiger partial charge is 0.490 e. The molecule has 1 aliphatic heterocycles. The van der Waals surface area contributed by atoms with Crippen LogP contribution in [0.25, 0.3) is 0 Å². The summed E-state index contributed by atoms with van der Waals surface area (Å²) < 4.78 is 31.0. The number of hydrogen-bond donors (Lipinski definition) is 0. The maximum Gasteiger partial charge on any atom is 0.164 e. The van der Waals surface area contributed by atoms with Gasteiger partial charge in [-0.15, -0.1) is 0 Å². The van der Waals surface area contributed by atoms with Gasteiger partial charge in [0.05, 0.1) is 25.4 Å². The third-order valence-electron chi connectivity index (χ3n) is 3.95. The third-order valence-corrected chi connectivity index (χ3v) is 3.95. The van der Waals surface area contributed by atoms with Gasteiger partial charge in [0.2, 0.25) is 0 Å². The molecule has 0 aromatic heterocycles. The molecule has 0 saturated carbocycles. The van der Waals surface area contributed by atoms with Crippen molar-refractivity contribution < 1.29 is 18.6 Å². The van der Waals surface area contributed by atoms with Crippen LogP contribution in [0.3, 0.4) is 0 Å². The van der Waals surface area contributed by atoms with Gasteiger partial charge in [-0.2, -0.15) is 0 Å². The zero-order chi connectivity index (χ0) is 15.4. The van der Waals surface area contributed by atoms with E-state index in [1.165, 1.54) is 6.07 Å². The fourth-order valence-corrected chi connectivity index (χ4v) is 2.67. The molecule has 21 heavy (non-hydrogen) atoms. The molecule has 3 nitrogen and oxygen atoms in total. The third kappa shape index (κ3) is 3.88. The molecule has 0 aliphatic carbocycles. The Morgan fingerprint density at radius 3 is 2.19 bits per heavy atom. The molecule has 0 N–H and O–H groups in total. The molecule has 1 aromatic rings. The Morgan fingerprint density at radius 1 is 1.14 bits per heavy atom. The summed E-state index contributed by atoms with van der Waals surface area (Å²) in [5.74, 6) is 1.03. The summed E-state index contributed by atoms with van der Waals surface area (Å²) in [5, 5.41) is 0. The van der Waals surface area contributed by atoms with E-state index < -0.39 is 0 Å². The van der Waals surface area contributed by atoms with Crippen LogP contribution in [0.4, 0.5) is 4.39 Å².